The van der Waals surface area contributed by atoms with Crippen molar-refractivity contribution in [3.63, 3.8) is 0 Å². The zero-order chi connectivity index (χ0) is 24.7. The molecular weight excluding hydrogens is 464 g/mol. The Bertz CT molecular complexity index is 1210. The normalized spacial score (nSPS) is 15.2. The second-order valence-electron chi connectivity index (χ2n) is 8.56. The molecule has 1 heterocycles. The van der Waals surface area contributed by atoms with Crippen LogP contribution in [0.25, 0.3) is 0 Å². The second-order valence-corrected chi connectivity index (χ2v) is 10.4. The van der Waals surface area contributed by atoms with Crippen LogP contribution in [0.3, 0.4) is 0 Å². The molecule has 0 spiro atoms. The summed E-state index contributed by atoms with van der Waals surface area (Å²) in [5.41, 5.74) is 1.28. The van der Waals surface area contributed by atoms with Gasteiger partial charge >= 0.3 is 0 Å². The number of rotatable bonds is 9. The molecule has 184 valence electrons. The Kier molecular flexibility index (Phi) is 7.73. The Balaban J connectivity index is 1.57. The van der Waals surface area contributed by atoms with Gasteiger partial charge in [-0.3, -0.25) is 9.10 Å². The van der Waals surface area contributed by atoms with Gasteiger partial charge in [-0.2, -0.15) is 0 Å². The van der Waals surface area contributed by atoms with E-state index in [9.17, 15) is 13.2 Å². The first-order chi connectivity index (χ1) is 16.9. The highest BCUT2D eigenvalue weighted by atomic mass is 32.2. The monoisotopic (exact) mass is 494 g/mol. The number of hydrogen-bond acceptors (Lipinski definition) is 5. The molecule has 35 heavy (non-hydrogen) atoms. The summed E-state index contributed by atoms with van der Waals surface area (Å²) in [7, 11) is -2.43. The predicted octanol–water partition coefficient (Wildman–Crippen LogP) is 3.76. The smallest absolute Gasteiger partial charge is 0.264 e. The molecule has 0 aliphatic carbocycles. The molecule has 7 nitrogen and oxygen atoms in total. The summed E-state index contributed by atoms with van der Waals surface area (Å²) in [6.45, 7) is 1.29. The van der Waals surface area contributed by atoms with Crippen molar-refractivity contribution in [2.24, 2.45) is 0 Å². The van der Waals surface area contributed by atoms with Crippen LogP contribution >= 0.6 is 0 Å². The quantitative estimate of drug-likeness (QED) is 0.490. The fourth-order valence-corrected chi connectivity index (χ4v) is 5.80. The average Bonchev–Trinajstić information content (AvgIpc) is 2.92. The molecule has 0 unspecified atom stereocenters. The van der Waals surface area contributed by atoms with E-state index in [0.717, 1.165) is 22.7 Å². The lowest BCUT2D eigenvalue weighted by Crippen LogP contribution is -2.48. The molecule has 1 N–H and O–H groups in total. The number of ether oxygens (including phenoxy) is 2. The van der Waals surface area contributed by atoms with Crippen molar-refractivity contribution in [1.29, 1.82) is 0 Å². The van der Waals surface area contributed by atoms with Gasteiger partial charge < -0.3 is 14.8 Å². The topological polar surface area (TPSA) is 84.9 Å². The van der Waals surface area contributed by atoms with Gasteiger partial charge in [-0.15, -0.1) is 0 Å². The number of methoxy groups -OCH3 is 1. The number of nitrogens with one attached hydrogen (secondary N) is 1. The number of carbonyl (C=O) groups is 1. The molecule has 0 radical (unpaired) electrons. The van der Waals surface area contributed by atoms with Crippen LogP contribution in [0, 0.1) is 0 Å². The molecule has 1 saturated heterocycles. The molecule has 3 aromatic carbocycles. The molecule has 1 amide bonds. The number of hydrogen-bond donors (Lipinski definition) is 1. The standard InChI is InChI=1S/C27H30N2O5S/c1-33-24-14-12-23(13-15-24)29(35(31,32)25-10-6-3-7-11-25)20-26(30)28-21-27(16-18-34-19-17-27)22-8-4-2-5-9-22/h2-15H,16-21H2,1H3,(H,28,30). The summed E-state index contributed by atoms with van der Waals surface area (Å²) >= 11 is 0. The lowest BCUT2D eigenvalue weighted by molar-refractivity contribution is -0.120. The van der Waals surface area contributed by atoms with Crippen LogP contribution in [-0.2, 0) is 25.0 Å². The second kappa shape index (κ2) is 10.9. The van der Waals surface area contributed by atoms with Crippen LogP contribution in [0.1, 0.15) is 18.4 Å². The van der Waals surface area contributed by atoms with Gasteiger partial charge in [0.05, 0.1) is 17.7 Å². The third kappa shape index (κ3) is 5.66. The predicted molar refractivity (Wildman–Crippen MR) is 135 cm³/mol. The van der Waals surface area contributed by atoms with Crippen LogP contribution < -0.4 is 14.4 Å². The number of benzene rings is 3. The number of sulfonamides is 1. The van der Waals surface area contributed by atoms with Crippen molar-refractivity contribution in [3.05, 3.63) is 90.5 Å². The Labute approximate surface area is 206 Å². The largest absolute Gasteiger partial charge is 0.497 e. The zero-order valence-electron chi connectivity index (χ0n) is 19.7. The number of anilines is 1. The third-order valence-electron chi connectivity index (χ3n) is 6.44. The Morgan fingerprint density at radius 2 is 1.54 bits per heavy atom. The number of amides is 1. The van der Waals surface area contributed by atoms with Crippen molar-refractivity contribution in [1.82, 2.24) is 5.32 Å². The first kappa shape index (κ1) is 24.8. The van der Waals surface area contributed by atoms with Crippen molar-refractivity contribution < 1.29 is 22.7 Å². The van der Waals surface area contributed by atoms with Gasteiger partial charge in [0.2, 0.25) is 5.91 Å². The maximum atomic E-state index is 13.5. The first-order valence-electron chi connectivity index (χ1n) is 11.6. The lowest BCUT2D eigenvalue weighted by Gasteiger charge is -2.38. The van der Waals surface area contributed by atoms with E-state index < -0.39 is 10.0 Å². The molecule has 1 fully saturated rings. The summed E-state index contributed by atoms with van der Waals surface area (Å²) in [6.07, 6.45) is 1.56. The van der Waals surface area contributed by atoms with Crippen molar-refractivity contribution in [2.75, 3.05) is 37.7 Å². The minimum atomic E-state index is -3.97. The Morgan fingerprint density at radius 3 is 2.14 bits per heavy atom. The summed E-state index contributed by atoms with van der Waals surface area (Å²) in [5, 5.41) is 3.01. The van der Waals surface area contributed by atoms with Gasteiger partial charge in [0.1, 0.15) is 12.3 Å². The molecule has 1 aliphatic heterocycles. The first-order valence-corrected chi connectivity index (χ1v) is 13.0. The van der Waals surface area contributed by atoms with Gasteiger partial charge in [-0.1, -0.05) is 48.5 Å². The van der Waals surface area contributed by atoms with Crippen LogP contribution in [0.4, 0.5) is 5.69 Å². The summed E-state index contributed by atoms with van der Waals surface area (Å²) in [6, 6.07) is 24.8. The molecule has 0 aromatic heterocycles. The van der Waals surface area contributed by atoms with Gasteiger partial charge in [0.15, 0.2) is 0 Å². The molecule has 0 saturated carbocycles. The van der Waals surface area contributed by atoms with E-state index in [4.69, 9.17) is 9.47 Å². The van der Waals surface area contributed by atoms with E-state index in [-0.39, 0.29) is 22.8 Å². The van der Waals surface area contributed by atoms with E-state index in [2.05, 4.69) is 17.4 Å². The molecular formula is C27H30N2O5S. The van der Waals surface area contributed by atoms with E-state index in [1.165, 1.54) is 12.1 Å². The van der Waals surface area contributed by atoms with Crippen LogP contribution in [0.2, 0.25) is 0 Å². The Morgan fingerprint density at radius 1 is 0.943 bits per heavy atom. The number of carbonyl (C=O) groups excluding carboxylic acids is 1. The SMILES string of the molecule is COc1ccc(N(CC(=O)NCC2(c3ccccc3)CCOCC2)S(=O)(=O)c2ccccc2)cc1. The van der Waals surface area contributed by atoms with E-state index in [1.807, 2.05) is 18.2 Å². The van der Waals surface area contributed by atoms with E-state index in [0.29, 0.717) is 31.2 Å². The fourth-order valence-electron chi connectivity index (χ4n) is 4.36. The molecule has 0 atom stereocenters. The van der Waals surface area contributed by atoms with Crippen LogP contribution in [0.5, 0.6) is 5.75 Å². The Hall–Kier alpha value is -3.36. The molecule has 3 aromatic rings. The fraction of sp³-hybridized carbons (Fsp3) is 0.296. The summed E-state index contributed by atoms with van der Waals surface area (Å²) in [5.74, 6) is 0.224. The minimum absolute atomic E-state index is 0.119. The summed E-state index contributed by atoms with van der Waals surface area (Å²) in [4.78, 5) is 13.3. The van der Waals surface area contributed by atoms with Crippen molar-refractivity contribution in [3.8, 4) is 5.75 Å². The van der Waals surface area contributed by atoms with Gasteiger partial charge in [-0.25, -0.2) is 8.42 Å². The van der Waals surface area contributed by atoms with Gasteiger partial charge in [0, 0.05) is 25.2 Å². The molecule has 8 heteroatoms. The van der Waals surface area contributed by atoms with Gasteiger partial charge in [0.25, 0.3) is 10.0 Å². The molecule has 4 rings (SSSR count). The van der Waals surface area contributed by atoms with Gasteiger partial charge in [-0.05, 0) is 54.8 Å². The highest BCUT2D eigenvalue weighted by Gasteiger charge is 2.35. The summed E-state index contributed by atoms with van der Waals surface area (Å²) < 4.78 is 38.9. The zero-order valence-corrected chi connectivity index (χ0v) is 20.5. The van der Waals surface area contributed by atoms with E-state index in [1.54, 1.807) is 49.6 Å². The average molecular weight is 495 g/mol. The lowest BCUT2D eigenvalue weighted by atomic mass is 9.74. The minimum Gasteiger partial charge on any atom is -0.497 e. The highest BCUT2D eigenvalue weighted by molar-refractivity contribution is 7.92. The molecule has 0 bridgehead atoms. The third-order valence-corrected chi connectivity index (χ3v) is 8.23. The maximum absolute atomic E-state index is 13.5. The van der Waals surface area contributed by atoms with Crippen molar-refractivity contribution in [2.45, 2.75) is 23.2 Å². The maximum Gasteiger partial charge on any atom is 0.264 e. The number of nitrogens with zero attached hydrogens (tertiary/aromatic N) is 1. The highest BCUT2D eigenvalue weighted by Crippen LogP contribution is 2.34. The van der Waals surface area contributed by atoms with Crippen molar-refractivity contribution >= 4 is 21.6 Å². The molecule has 1 aliphatic rings. The van der Waals surface area contributed by atoms with Crippen LogP contribution in [0.15, 0.2) is 89.8 Å². The van der Waals surface area contributed by atoms with E-state index >= 15 is 0 Å². The van der Waals surface area contributed by atoms with Crippen LogP contribution in [-0.4, -0.2) is 47.7 Å².